The molecule has 156 valence electrons. The molecule has 0 saturated carbocycles. The first-order valence-electron chi connectivity index (χ1n) is 10.1. The molecule has 0 aliphatic carbocycles. The van der Waals surface area contributed by atoms with E-state index in [-0.39, 0.29) is 5.92 Å². The number of nitrogens with zero attached hydrogens (tertiary/aromatic N) is 4. The van der Waals surface area contributed by atoms with E-state index in [1.54, 1.807) is 6.20 Å². The maximum atomic E-state index is 10.3. The molecule has 31 heavy (non-hydrogen) atoms. The van der Waals surface area contributed by atoms with Crippen LogP contribution in [0.2, 0.25) is 0 Å². The Morgan fingerprint density at radius 3 is 2.71 bits per heavy atom. The lowest BCUT2D eigenvalue weighted by atomic mass is 9.99. The van der Waals surface area contributed by atoms with Crippen LogP contribution in [-0.4, -0.2) is 29.7 Å². The minimum Gasteiger partial charge on any atom is -0.388 e. The van der Waals surface area contributed by atoms with Crippen LogP contribution in [0.5, 0.6) is 0 Å². The van der Waals surface area contributed by atoms with Crippen molar-refractivity contribution in [2.24, 2.45) is 5.92 Å². The zero-order valence-electron chi connectivity index (χ0n) is 17.2. The summed E-state index contributed by atoms with van der Waals surface area (Å²) >= 11 is 0. The fourth-order valence-electron chi connectivity index (χ4n) is 3.63. The van der Waals surface area contributed by atoms with Gasteiger partial charge in [0.1, 0.15) is 0 Å². The van der Waals surface area contributed by atoms with Crippen molar-refractivity contribution in [3.8, 4) is 11.3 Å². The van der Waals surface area contributed by atoms with E-state index in [2.05, 4.69) is 20.5 Å². The van der Waals surface area contributed by atoms with Crippen molar-refractivity contribution in [2.45, 2.75) is 20.0 Å². The van der Waals surface area contributed by atoms with E-state index in [0.29, 0.717) is 11.6 Å². The van der Waals surface area contributed by atoms with Crippen LogP contribution in [0, 0.1) is 5.92 Å². The van der Waals surface area contributed by atoms with Crippen molar-refractivity contribution in [2.75, 3.05) is 11.1 Å². The average Bonchev–Trinajstić information content (AvgIpc) is 3.40. The zero-order chi connectivity index (χ0) is 21.5. The van der Waals surface area contributed by atoms with E-state index < -0.39 is 6.10 Å². The summed E-state index contributed by atoms with van der Waals surface area (Å²) < 4.78 is 1.93. The molecule has 3 heterocycles. The lowest BCUT2D eigenvalue weighted by Gasteiger charge is -2.15. The average molecular weight is 413 g/mol. The number of aliphatic hydroxyl groups excluding tert-OH is 1. The number of H-pyrrole nitrogens is 1. The smallest absolute Gasteiger partial charge is 0.180 e. The number of hydrogen-bond acceptors (Lipinski definition) is 6. The highest BCUT2D eigenvalue weighted by atomic mass is 16.3. The summed E-state index contributed by atoms with van der Waals surface area (Å²) in [5, 5.41) is 21.5. The first-order chi connectivity index (χ1) is 15.0. The quantitative estimate of drug-likeness (QED) is 0.341. The summed E-state index contributed by atoms with van der Waals surface area (Å²) in [6.07, 6.45) is 5.08. The lowest BCUT2D eigenvalue weighted by Crippen LogP contribution is -2.05. The molecule has 0 amide bonds. The number of nitrogens with two attached hydrogens (primary N) is 1. The molecule has 5 aromatic rings. The van der Waals surface area contributed by atoms with Crippen LogP contribution in [-0.2, 0) is 0 Å². The number of fused-ring (bicyclic) bond motifs is 2. The number of hydrogen-bond donors (Lipinski definition) is 4. The number of nitrogen functional groups attached to an aromatic ring is 1. The van der Waals surface area contributed by atoms with Gasteiger partial charge in [0.15, 0.2) is 17.3 Å². The van der Waals surface area contributed by atoms with Gasteiger partial charge in [-0.2, -0.15) is 5.10 Å². The van der Waals surface area contributed by atoms with Gasteiger partial charge in [0.2, 0.25) is 0 Å². The van der Waals surface area contributed by atoms with E-state index in [4.69, 9.17) is 10.7 Å². The van der Waals surface area contributed by atoms with Gasteiger partial charge in [0.25, 0.3) is 0 Å². The van der Waals surface area contributed by atoms with Crippen LogP contribution in [0.25, 0.3) is 27.8 Å². The fourth-order valence-corrected chi connectivity index (χ4v) is 3.63. The largest absolute Gasteiger partial charge is 0.388 e. The molecular formula is C23H23N7O. The molecule has 0 saturated heterocycles. The minimum absolute atomic E-state index is 0.156. The zero-order valence-corrected chi connectivity index (χ0v) is 17.2. The van der Waals surface area contributed by atoms with Gasteiger partial charge in [-0.15, -0.1) is 0 Å². The molecule has 0 fully saturated rings. The molecule has 3 aromatic heterocycles. The summed E-state index contributed by atoms with van der Waals surface area (Å²) in [6, 6.07) is 13.6. The molecule has 0 aliphatic rings. The maximum Gasteiger partial charge on any atom is 0.180 e. The third-order valence-electron chi connectivity index (χ3n) is 5.41. The molecular weight excluding hydrogens is 390 g/mol. The third-order valence-corrected chi connectivity index (χ3v) is 5.41. The summed E-state index contributed by atoms with van der Waals surface area (Å²) in [6.45, 7) is 3.99. The Kier molecular flexibility index (Phi) is 4.56. The minimum atomic E-state index is -0.486. The molecule has 5 rings (SSSR count). The lowest BCUT2D eigenvalue weighted by molar-refractivity contribution is 0.127. The first-order valence-corrected chi connectivity index (χ1v) is 10.1. The number of aliphatic hydroxyl groups is 1. The molecule has 0 aliphatic heterocycles. The normalized spacial score (nSPS) is 12.6. The summed E-state index contributed by atoms with van der Waals surface area (Å²) in [4.78, 5) is 9.27. The Balaban J connectivity index is 1.53. The van der Waals surface area contributed by atoms with Gasteiger partial charge in [-0.3, -0.25) is 5.10 Å². The summed E-state index contributed by atoms with van der Waals surface area (Å²) in [5.74, 6) is 1.26. The Morgan fingerprint density at radius 1 is 1.13 bits per heavy atom. The number of benzene rings is 2. The second kappa shape index (κ2) is 7.41. The van der Waals surface area contributed by atoms with Crippen LogP contribution in [0.4, 0.5) is 17.3 Å². The molecule has 8 heteroatoms. The molecule has 1 atom stereocenters. The Hall–Kier alpha value is -3.91. The third kappa shape index (κ3) is 3.47. The number of imidazole rings is 1. The summed E-state index contributed by atoms with van der Waals surface area (Å²) in [7, 11) is 0. The first kappa shape index (κ1) is 19.1. The number of nitrogens with one attached hydrogen (secondary N) is 2. The highest BCUT2D eigenvalue weighted by Gasteiger charge is 2.14. The number of anilines is 3. The van der Waals surface area contributed by atoms with Crippen molar-refractivity contribution < 1.29 is 5.11 Å². The second-order valence-corrected chi connectivity index (χ2v) is 7.94. The molecule has 0 spiro atoms. The molecule has 0 radical (unpaired) electrons. The SMILES string of the molecule is CC(C)C(O)c1ccc(Nc2nc(-c3ccc4[nH]nc(N)c4c3)cn3ccnc23)cc1. The molecule has 5 N–H and O–H groups in total. The number of rotatable bonds is 5. The van der Waals surface area contributed by atoms with Gasteiger partial charge in [-0.25, -0.2) is 9.97 Å². The van der Waals surface area contributed by atoms with Crippen LogP contribution >= 0.6 is 0 Å². The highest BCUT2D eigenvalue weighted by molar-refractivity contribution is 5.92. The standard InChI is InChI=1S/C23H23N7O/c1-13(2)20(31)14-3-6-16(7-4-14)26-22-23-25-9-10-30(23)12-19(27-22)15-5-8-18-17(11-15)21(24)29-28-18/h3-13,20,31H,1-2H3,(H,26,27)(H3,24,28,29). The Morgan fingerprint density at radius 2 is 1.94 bits per heavy atom. The Bertz CT molecular complexity index is 1370. The number of aromatic amines is 1. The van der Waals surface area contributed by atoms with Gasteiger partial charge in [-0.05, 0) is 35.7 Å². The van der Waals surface area contributed by atoms with E-state index in [1.165, 1.54) is 0 Å². The highest BCUT2D eigenvalue weighted by Crippen LogP contribution is 2.29. The van der Waals surface area contributed by atoms with Gasteiger partial charge in [-0.1, -0.05) is 32.0 Å². The molecule has 8 nitrogen and oxygen atoms in total. The van der Waals surface area contributed by atoms with Gasteiger partial charge in [0.05, 0.1) is 17.3 Å². The fraction of sp³-hybridized carbons (Fsp3) is 0.174. The molecule has 1 unspecified atom stereocenters. The van der Waals surface area contributed by atoms with Crippen molar-refractivity contribution >= 4 is 33.9 Å². The molecule has 0 bridgehead atoms. The van der Waals surface area contributed by atoms with Crippen LogP contribution in [0.15, 0.2) is 61.1 Å². The monoisotopic (exact) mass is 413 g/mol. The van der Waals surface area contributed by atoms with Crippen molar-refractivity contribution in [1.29, 1.82) is 0 Å². The molecule has 2 aromatic carbocycles. The Labute approximate surface area is 178 Å². The number of aromatic nitrogens is 5. The second-order valence-electron chi connectivity index (χ2n) is 7.94. The van der Waals surface area contributed by atoms with Gasteiger partial charge < -0.3 is 20.6 Å². The van der Waals surface area contributed by atoms with E-state index in [9.17, 15) is 5.11 Å². The van der Waals surface area contributed by atoms with Crippen LogP contribution < -0.4 is 11.1 Å². The summed E-state index contributed by atoms with van der Waals surface area (Å²) in [5.41, 5.74) is 11.0. The van der Waals surface area contributed by atoms with Crippen molar-refractivity contribution in [3.05, 3.63) is 66.6 Å². The van der Waals surface area contributed by atoms with Crippen LogP contribution in [0.1, 0.15) is 25.5 Å². The van der Waals surface area contributed by atoms with Crippen molar-refractivity contribution in [3.63, 3.8) is 0 Å². The predicted molar refractivity (Wildman–Crippen MR) is 122 cm³/mol. The van der Waals surface area contributed by atoms with Crippen LogP contribution in [0.3, 0.4) is 0 Å². The van der Waals surface area contributed by atoms with E-state index in [0.717, 1.165) is 39.1 Å². The van der Waals surface area contributed by atoms with Gasteiger partial charge in [0, 0.05) is 35.2 Å². The van der Waals surface area contributed by atoms with Crippen molar-refractivity contribution in [1.82, 2.24) is 24.6 Å². The maximum absolute atomic E-state index is 10.3. The topological polar surface area (TPSA) is 117 Å². The predicted octanol–water partition coefficient (Wildman–Crippen LogP) is 4.29. The van der Waals surface area contributed by atoms with E-state index >= 15 is 0 Å². The van der Waals surface area contributed by atoms with Gasteiger partial charge >= 0.3 is 0 Å². The van der Waals surface area contributed by atoms with E-state index in [1.807, 2.05) is 73.1 Å².